The summed E-state index contributed by atoms with van der Waals surface area (Å²) in [5, 5.41) is 14.2. The molecule has 2 fully saturated rings. The first-order valence-corrected chi connectivity index (χ1v) is 9.75. The SMILES string of the molecule is CC(C)(C)C1NC(N)NC(NC(CCc2ccccc2)C2CCC2)N1. The normalized spacial score (nSPS) is 29.2. The summed E-state index contributed by atoms with van der Waals surface area (Å²) in [6, 6.07) is 11.3. The molecular weight excluding hydrogens is 310 g/mol. The molecule has 4 atom stereocenters. The van der Waals surface area contributed by atoms with Gasteiger partial charge < -0.3 is 5.73 Å². The molecule has 0 spiro atoms. The van der Waals surface area contributed by atoms with E-state index in [0.29, 0.717) is 6.04 Å². The van der Waals surface area contributed by atoms with E-state index in [4.69, 9.17) is 5.73 Å². The predicted octanol–water partition coefficient (Wildman–Crippen LogP) is 2.06. The van der Waals surface area contributed by atoms with Crippen LogP contribution in [0.1, 0.15) is 52.0 Å². The zero-order valence-electron chi connectivity index (χ0n) is 15.9. The topological polar surface area (TPSA) is 74.1 Å². The molecule has 5 nitrogen and oxygen atoms in total. The maximum atomic E-state index is 6.17. The first-order valence-electron chi connectivity index (χ1n) is 9.75. The van der Waals surface area contributed by atoms with Crippen molar-refractivity contribution >= 4 is 0 Å². The van der Waals surface area contributed by atoms with E-state index in [9.17, 15) is 0 Å². The Bertz CT molecular complexity index is 523. The molecule has 25 heavy (non-hydrogen) atoms. The van der Waals surface area contributed by atoms with Gasteiger partial charge in [-0.15, -0.1) is 0 Å². The molecule has 2 aliphatic rings. The fourth-order valence-electron chi connectivity index (χ4n) is 3.74. The number of hydrogen-bond donors (Lipinski definition) is 5. The molecule has 1 saturated carbocycles. The van der Waals surface area contributed by atoms with Crippen LogP contribution in [0.5, 0.6) is 0 Å². The molecule has 140 valence electrons. The lowest BCUT2D eigenvalue weighted by atomic mass is 9.78. The molecule has 0 aromatic heterocycles. The first-order chi connectivity index (χ1) is 11.9. The van der Waals surface area contributed by atoms with Crippen molar-refractivity contribution in [2.75, 3.05) is 0 Å². The van der Waals surface area contributed by atoms with Gasteiger partial charge in [0.1, 0.15) is 12.6 Å². The summed E-state index contributed by atoms with van der Waals surface area (Å²) < 4.78 is 0. The summed E-state index contributed by atoms with van der Waals surface area (Å²) in [5.74, 6) is 0.784. The summed E-state index contributed by atoms with van der Waals surface area (Å²) in [4.78, 5) is 0. The van der Waals surface area contributed by atoms with Crippen molar-refractivity contribution in [3.05, 3.63) is 35.9 Å². The summed E-state index contributed by atoms with van der Waals surface area (Å²) in [7, 11) is 0. The van der Waals surface area contributed by atoms with Gasteiger partial charge in [0.2, 0.25) is 0 Å². The Balaban J connectivity index is 1.59. The van der Waals surface area contributed by atoms with E-state index >= 15 is 0 Å². The van der Waals surface area contributed by atoms with Crippen LogP contribution >= 0.6 is 0 Å². The Labute approximate surface area is 152 Å². The molecule has 1 aliphatic carbocycles. The molecule has 0 bridgehead atoms. The maximum Gasteiger partial charge on any atom is 0.115 e. The number of rotatable bonds is 6. The van der Waals surface area contributed by atoms with Crippen molar-refractivity contribution in [3.63, 3.8) is 0 Å². The van der Waals surface area contributed by atoms with Gasteiger partial charge in [-0.25, -0.2) is 0 Å². The fraction of sp³-hybridized carbons (Fsp3) is 0.700. The number of nitrogens with two attached hydrogens (primary N) is 1. The molecule has 1 aliphatic heterocycles. The fourth-order valence-corrected chi connectivity index (χ4v) is 3.74. The third kappa shape index (κ3) is 5.25. The monoisotopic (exact) mass is 345 g/mol. The number of aryl methyl sites for hydroxylation is 1. The molecular formula is C20H35N5. The minimum atomic E-state index is -0.195. The highest BCUT2D eigenvalue weighted by molar-refractivity contribution is 5.15. The highest BCUT2D eigenvalue weighted by Gasteiger charge is 2.35. The lowest BCUT2D eigenvalue weighted by Crippen LogP contribution is -2.76. The van der Waals surface area contributed by atoms with E-state index in [1.165, 1.54) is 24.8 Å². The molecule has 1 heterocycles. The van der Waals surface area contributed by atoms with Crippen LogP contribution in [0, 0.1) is 11.3 Å². The molecule has 1 saturated heterocycles. The van der Waals surface area contributed by atoms with Crippen molar-refractivity contribution in [2.45, 2.75) is 77.7 Å². The maximum absolute atomic E-state index is 6.17. The van der Waals surface area contributed by atoms with Crippen LogP contribution < -0.4 is 27.0 Å². The lowest BCUT2D eigenvalue weighted by molar-refractivity contribution is 0.0830. The van der Waals surface area contributed by atoms with Gasteiger partial charge in [0.25, 0.3) is 0 Å². The lowest BCUT2D eigenvalue weighted by Gasteiger charge is -2.45. The van der Waals surface area contributed by atoms with E-state index in [2.05, 4.69) is 72.4 Å². The molecule has 4 unspecified atom stereocenters. The highest BCUT2D eigenvalue weighted by atomic mass is 15.5. The van der Waals surface area contributed by atoms with Crippen LogP contribution in [-0.2, 0) is 6.42 Å². The smallest absolute Gasteiger partial charge is 0.115 e. The standard InChI is InChI=1S/C20H35N5/c1-20(2,3)17-23-18(21)25-19(24-17)22-16(15-10-7-11-15)13-12-14-8-5-4-6-9-14/h4-6,8-9,15-19,22-25H,7,10-13,21H2,1-3H3. The largest absolute Gasteiger partial charge is 0.303 e. The minimum absolute atomic E-state index is 0.0434. The summed E-state index contributed by atoms with van der Waals surface area (Å²) in [5.41, 5.74) is 7.70. The van der Waals surface area contributed by atoms with Crippen molar-refractivity contribution < 1.29 is 0 Å². The van der Waals surface area contributed by atoms with Gasteiger partial charge in [-0.3, -0.25) is 21.3 Å². The van der Waals surface area contributed by atoms with Crippen LogP contribution in [0.25, 0.3) is 0 Å². The third-order valence-electron chi connectivity index (χ3n) is 5.58. The van der Waals surface area contributed by atoms with Crippen LogP contribution in [0.3, 0.4) is 0 Å². The quantitative estimate of drug-likeness (QED) is 0.546. The summed E-state index contributed by atoms with van der Waals surface area (Å²) in [6.07, 6.45) is 6.36. The zero-order chi connectivity index (χ0) is 17.9. The molecule has 1 aromatic carbocycles. The van der Waals surface area contributed by atoms with Crippen molar-refractivity contribution in [3.8, 4) is 0 Å². The minimum Gasteiger partial charge on any atom is -0.303 e. The van der Waals surface area contributed by atoms with Gasteiger partial charge in [-0.1, -0.05) is 57.5 Å². The molecule has 0 amide bonds. The van der Waals surface area contributed by atoms with E-state index < -0.39 is 0 Å². The van der Waals surface area contributed by atoms with E-state index in [1.54, 1.807) is 0 Å². The number of nitrogens with one attached hydrogen (secondary N) is 4. The molecule has 5 heteroatoms. The van der Waals surface area contributed by atoms with Gasteiger partial charge in [0.05, 0.1) is 6.17 Å². The van der Waals surface area contributed by atoms with E-state index in [1.807, 2.05) is 0 Å². The second kappa shape index (κ2) is 8.14. The second-order valence-corrected chi connectivity index (χ2v) is 8.70. The summed E-state index contributed by atoms with van der Waals surface area (Å²) >= 11 is 0. The van der Waals surface area contributed by atoms with Gasteiger partial charge in [-0.05, 0) is 42.6 Å². The number of benzene rings is 1. The predicted molar refractivity (Wildman–Crippen MR) is 103 cm³/mol. The Kier molecular flexibility index (Phi) is 6.12. The van der Waals surface area contributed by atoms with Crippen LogP contribution in [0.4, 0.5) is 0 Å². The Morgan fingerprint density at radius 3 is 2.44 bits per heavy atom. The zero-order valence-corrected chi connectivity index (χ0v) is 15.9. The van der Waals surface area contributed by atoms with Crippen molar-refractivity contribution in [2.24, 2.45) is 17.1 Å². The van der Waals surface area contributed by atoms with Crippen LogP contribution in [0.2, 0.25) is 0 Å². The number of hydrogen-bond acceptors (Lipinski definition) is 5. The molecule has 3 rings (SSSR count). The Hall–Kier alpha value is -0.980. The van der Waals surface area contributed by atoms with Crippen LogP contribution in [-0.4, -0.2) is 24.8 Å². The van der Waals surface area contributed by atoms with Crippen molar-refractivity contribution in [1.82, 2.24) is 21.3 Å². The van der Waals surface area contributed by atoms with E-state index in [0.717, 1.165) is 18.8 Å². The highest BCUT2D eigenvalue weighted by Crippen LogP contribution is 2.32. The van der Waals surface area contributed by atoms with Gasteiger partial charge in [0.15, 0.2) is 0 Å². The second-order valence-electron chi connectivity index (χ2n) is 8.70. The third-order valence-corrected chi connectivity index (χ3v) is 5.58. The first kappa shape index (κ1) is 18.8. The molecule has 0 radical (unpaired) electrons. The van der Waals surface area contributed by atoms with Crippen LogP contribution in [0.15, 0.2) is 30.3 Å². The summed E-state index contributed by atoms with van der Waals surface area (Å²) in [6.45, 7) is 6.68. The van der Waals surface area contributed by atoms with E-state index in [-0.39, 0.29) is 24.2 Å². The Morgan fingerprint density at radius 2 is 1.84 bits per heavy atom. The molecule has 6 N–H and O–H groups in total. The van der Waals surface area contributed by atoms with Gasteiger partial charge in [0, 0.05) is 6.04 Å². The van der Waals surface area contributed by atoms with Gasteiger partial charge in [-0.2, -0.15) is 0 Å². The van der Waals surface area contributed by atoms with Gasteiger partial charge >= 0.3 is 0 Å². The average molecular weight is 346 g/mol. The Morgan fingerprint density at radius 1 is 1.12 bits per heavy atom. The average Bonchev–Trinajstić information content (AvgIpc) is 2.50. The molecule has 1 aromatic rings. The van der Waals surface area contributed by atoms with Crippen molar-refractivity contribution in [1.29, 1.82) is 0 Å².